The molecule has 2 amide bonds. The molecule has 0 aliphatic carbocycles. The fourth-order valence-corrected chi connectivity index (χ4v) is 2.72. The molecule has 0 aliphatic rings. The maximum absolute atomic E-state index is 13.4. The normalized spacial score (nSPS) is 10.6. The smallest absolute Gasteiger partial charge is 0.251 e. The molecule has 2 heterocycles. The standard InChI is InChI=1S/C16H13FN4O3S/c17-12-2-1-10(7-11(12)15(18)23)19-13(22)3-4-14-20-21-16(24-14)9-5-6-25-8-9/h1-2,5-8H,3-4H2,(H2,18,23)(H,19,22). The summed E-state index contributed by atoms with van der Waals surface area (Å²) in [5.74, 6) is -1.23. The van der Waals surface area contributed by atoms with Gasteiger partial charge in [-0.15, -0.1) is 10.2 Å². The Morgan fingerprint density at radius 1 is 1.28 bits per heavy atom. The quantitative estimate of drug-likeness (QED) is 0.702. The number of nitrogens with one attached hydrogen (secondary N) is 1. The maximum Gasteiger partial charge on any atom is 0.251 e. The van der Waals surface area contributed by atoms with Crippen LogP contribution in [0.3, 0.4) is 0 Å². The number of carbonyl (C=O) groups excluding carboxylic acids is 2. The number of hydrogen-bond donors (Lipinski definition) is 2. The van der Waals surface area contributed by atoms with Crippen molar-refractivity contribution in [1.29, 1.82) is 0 Å². The van der Waals surface area contributed by atoms with Gasteiger partial charge in [0.15, 0.2) is 0 Å². The molecule has 9 heteroatoms. The van der Waals surface area contributed by atoms with E-state index in [1.165, 1.54) is 23.5 Å². The van der Waals surface area contributed by atoms with Crippen molar-refractivity contribution >= 4 is 28.8 Å². The Labute approximate surface area is 145 Å². The van der Waals surface area contributed by atoms with Gasteiger partial charge >= 0.3 is 0 Å². The summed E-state index contributed by atoms with van der Waals surface area (Å²) in [6, 6.07) is 5.47. The van der Waals surface area contributed by atoms with E-state index in [1.54, 1.807) is 0 Å². The molecule has 3 N–H and O–H groups in total. The third-order valence-corrected chi connectivity index (χ3v) is 4.00. The van der Waals surface area contributed by atoms with E-state index in [-0.39, 0.29) is 30.0 Å². The lowest BCUT2D eigenvalue weighted by molar-refractivity contribution is -0.116. The van der Waals surface area contributed by atoms with E-state index in [4.69, 9.17) is 10.2 Å². The Bertz CT molecular complexity index is 908. The molecule has 0 saturated heterocycles. The number of rotatable bonds is 6. The van der Waals surface area contributed by atoms with Gasteiger partial charge < -0.3 is 15.5 Å². The number of amides is 2. The number of anilines is 1. The third kappa shape index (κ3) is 4.07. The second-order valence-corrected chi connectivity index (χ2v) is 5.90. The van der Waals surface area contributed by atoms with E-state index < -0.39 is 11.7 Å². The number of aryl methyl sites for hydroxylation is 1. The Morgan fingerprint density at radius 3 is 2.84 bits per heavy atom. The van der Waals surface area contributed by atoms with Crippen molar-refractivity contribution in [3.8, 4) is 11.5 Å². The van der Waals surface area contributed by atoms with Gasteiger partial charge in [-0.2, -0.15) is 11.3 Å². The topological polar surface area (TPSA) is 111 Å². The van der Waals surface area contributed by atoms with Gasteiger partial charge in [0.25, 0.3) is 5.91 Å². The highest BCUT2D eigenvalue weighted by molar-refractivity contribution is 7.08. The summed E-state index contributed by atoms with van der Waals surface area (Å²) >= 11 is 1.52. The Hall–Kier alpha value is -3.07. The van der Waals surface area contributed by atoms with Crippen molar-refractivity contribution in [2.24, 2.45) is 5.73 Å². The summed E-state index contributed by atoms with van der Waals surface area (Å²) in [7, 11) is 0. The second kappa shape index (κ2) is 7.22. The highest BCUT2D eigenvalue weighted by Crippen LogP contribution is 2.21. The molecular weight excluding hydrogens is 347 g/mol. The zero-order valence-corrected chi connectivity index (χ0v) is 13.7. The largest absolute Gasteiger partial charge is 0.421 e. The van der Waals surface area contributed by atoms with Crippen LogP contribution >= 0.6 is 11.3 Å². The molecule has 1 aromatic carbocycles. The van der Waals surface area contributed by atoms with Gasteiger partial charge in [-0.3, -0.25) is 9.59 Å². The molecule has 0 aliphatic heterocycles. The van der Waals surface area contributed by atoms with Crippen LogP contribution in [-0.4, -0.2) is 22.0 Å². The van der Waals surface area contributed by atoms with Gasteiger partial charge in [-0.25, -0.2) is 4.39 Å². The van der Waals surface area contributed by atoms with Gasteiger partial charge in [-0.1, -0.05) is 0 Å². The molecule has 0 bridgehead atoms. The zero-order valence-electron chi connectivity index (χ0n) is 12.9. The van der Waals surface area contributed by atoms with Crippen LogP contribution in [0.1, 0.15) is 22.7 Å². The number of thiophene rings is 1. The summed E-state index contributed by atoms with van der Waals surface area (Å²) in [6.45, 7) is 0. The molecule has 0 saturated carbocycles. The molecule has 128 valence electrons. The fourth-order valence-electron chi connectivity index (χ4n) is 2.09. The zero-order chi connectivity index (χ0) is 17.8. The minimum absolute atomic E-state index is 0.0918. The number of nitrogens with zero attached hydrogens (tertiary/aromatic N) is 2. The van der Waals surface area contributed by atoms with E-state index in [0.29, 0.717) is 11.8 Å². The minimum Gasteiger partial charge on any atom is -0.421 e. The minimum atomic E-state index is -0.902. The molecule has 25 heavy (non-hydrogen) atoms. The second-order valence-electron chi connectivity index (χ2n) is 5.12. The third-order valence-electron chi connectivity index (χ3n) is 3.32. The number of aromatic nitrogens is 2. The molecular formula is C16H13FN4O3S. The molecule has 3 aromatic rings. The molecule has 7 nitrogen and oxygen atoms in total. The summed E-state index contributed by atoms with van der Waals surface area (Å²) in [5, 5.41) is 14.2. The molecule has 2 aromatic heterocycles. The number of carbonyl (C=O) groups is 2. The average Bonchev–Trinajstić information content (AvgIpc) is 3.25. The maximum atomic E-state index is 13.4. The number of halogens is 1. The fraction of sp³-hybridized carbons (Fsp3) is 0.125. The summed E-state index contributed by atoms with van der Waals surface area (Å²) in [4.78, 5) is 23.1. The first-order chi connectivity index (χ1) is 12.0. The highest BCUT2D eigenvalue weighted by atomic mass is 32.1. The van der Waals surface area contributed by atoms with Gasteiger partial charge in [0.1, 0.15) is 5.82 Å². The van der Waals surface area contributed by atoms with Gasteiger partial charge in [0.2, 0.25) is 17.7 Å². The van der Waals surface area contributed by atoms with Crippen LogP contribution in [-0.2, 0) is 11.2 Å². The van der Waals surface area contributed by atoms with Crippen LogP contribution < -0.4 is 11.1 Å². The van der Waals surface area contributed by atoms with Crippen molar-refractivity contribution in [1.82, 2.24) is 10.2 Å². The average molecular weight is 360 g/mol. The number of nitrogens with two attached hydrogens (primary N) is 1. The van der Waals surface area contributed by atoms with Crippen molar-refractivity contribution < 1.29 is 18.4 Å². The summed E-state index contributed by atoms with van der Waals surface area (Å²) < 4.78 is 18.9. The van der Waals surface area contributed by atoms with Crippen molar-refractivity contribution in [2.45, 2.75) is 12.8 Å². The highest BCUT2D eigenvalue weighted by Gasteiger charge is 2.13. The van der Waals surface area contributed by atoms with Gasteiger partial charge in [0, 0.05) is 29.5 Å². The summed E-state index contributed by atoms with van der Waals surface area (Å²) in [6.07, 6.45) is 0.349. The Morgan fingerprint density at radius 2 is 2.12 bits per heavy atom. The van der Waals surface area contributed by atoms with E-state index >= 15 is 0 Å². The monoisotopic (exact) mass is 360 g/mol. The van der Waals surface area contributed by atoms with Crippen LogP contribution in [0.5, 0.6) is 0 Å². The lowest BCUT2D eigenvalue weighted by atomic mass is 10.1. The Balaban J connectivity index is 1.58. The predicted molar refractivity (Wildman–Crippen MR) is 89.5 cm³/mol. The predicted octanol–water partition coefficient (Wildman–Crippen LogP) is 2.61. The molecule has 0 spiro atoms. The van der Waals surface area contributed by atoms with E-state index in [0.717, 1.165) is 11.6 Å². The van der Waals surface area contributed by atoms with Crippen molar-refractivity contribution in [3.05, 3.63) is 52.3 Å². The van der Waals surface area contributed by atoms with Crippen LogP contribution in [0, 0.1) is 5.82 Å². The number of hydrogen-bond acceptors (Lipinski definition) is 6. The van der Waals surface area contributed by atoms with Crippen LogP contribution in [0.4, 0.5) is 10.1 Å². The SMILES string of the molecule is NC(=O)c1cc(NC(=O)CCc2nnc(-c3ccsc3)o2)ccc1F. The van der Waals surface area contributed by atoms with E-state index in [9.17, 15) is 14.0 Å². The first-order valence-corrected chi connectivity index (χ1v) is 8.21. The molecule has 0 atom stereocenters. The van der Waals surface area contributed by atoms with Crippen molar-refractivity contribution in [2.75, 3.05) is 5.32 Å². The number of benzene rings is 1. The Kier molecular flexibility index (Phi) is 4.85. The molecule has 0 radical (unpaired) electrons. The molecule has 0 fully saturated rings. The lowest BCUT2D eigenvalue weighted by Crippen LogP contribution is -2.16. The van der Waals surface area contributed by atoms with Crippen LogP contribution in [0.15, 0.2) is 39.4 Å². The van der Waals surface area contributed by atoms with Crippen molar-refractivity contribution in [3.63, 3.8) is 0 Å². The van der Waals surface area contributed by atoms with Crippen LogP contribution in [0.25, 0.3) is 11.5 Å². The van der Waals surface area contributed by atoms with Gasteiger partial charge in [0.05, 0.1) is 5.56 Å². The summed E-state index contributed by atoms with van der Waals surface area (Å²) in [5.41, 5.74) is 5.90. The number of primary amides is 1. The van der Waals surface area contributed by atoms with Crippen LogP contribution in [0.2, 0.25) is 0 Å². The first kappa shape index (κ1) is 16.8. The molecule has 0 unspecified atom stereocenters. The van der Waals surface area contributed by atoms with Gasteiger partial charge in [-0.05, 0) is 29.6 Å². The lowest BCUT2D eigenvalue weighted by Gasteiger charge is -2.06. The van der Waals surface area contributed by atoms with E-state index in [1.807, 2.05) is 16.8 Å². The first-order valence-electron chi connectivity index (χ1n) is 7.27. The van der Waals surface area contributed by atoms with E-state index in [2.05, 4.69) is 15.5 Å². The molecule has 3 rings (SSSR count).